The van der Waals surface area contributed by atoms with E-state index in [0.717, 1.165) is 5.82 Å². The van der Waals surface area contributed by atoms with E-state index in [2.05, 4.69) is 58.6 Å². The molecule has 9 heteroatoms. The standard InChI is InChI=1S/C23H25N5O2S2/c1-4-13-28-21(14-31-20-11-5-16(2)6-12-20)26-27-23(28)32-15-22(30)25-19-9-7-18(8-10-19)24-17(3)29/h4-12H,1,13-15H2,2-3H3,(H,24,29)(H,25,30). The number of nitrogens with zero attached hydrogens (tertiary/aromatic N) is 3. The van der Waals surface area contributed by atoms with Gasteiger partial charge in [0.05, 0.1) is 11.5 Å². The second-order valence-corrected chi connectivity index (χ2v) is 8.99. The second kappa shape index (κ2) is 11.5. The van der Waals surface area contributed by atoms with Crippen LogP contribution in [0.3, 0.4) is 0 Å². The number of hydrogen-bond acceptors (Lipinski definition) is 6. The Labute approximate surface area is 196 Å². The summed E-state index contributed by atoms with van der Waals surface area (Å²) in [4.78, 5) is 24.6. The molecule has 7 nitrogen and oxygen atoms in total. The molecule has 0 atom stereocenters. The Kier molecular flexibility index (Phi) is 8.52. The molecule has 3 aromatic rings. The van der Waals surface area contributed by atoms with E-state index in [1.165, 1.54) is 29.1 Å². The third-order valence-electron chi connectivity index (χ3n) is 4.32. The van der Waals surface area contributed by atoms with Gasteiger partial charge in [-0.25, -0.2) is 0 Å². The molecule has 0 radical (unpaired) electrons. The maximum absolute atomic E-state index is 12.4. The number of hydrogen-bond donors (Lipinski definition) is 2. The Bertz CT molecular complexity index is 1080. The lowest BCUT2D eigenvalue weighted by molar-refractivity contribution is -0.114. The van der Waals surface area contributed by atoms with Crippen LogP contribution in [0.4, 0.5) is 11.4 Å². The number of rotatable bonds is 10. The smallest absolute Gasteiger partial charge is 0.234 e. The van der Waals surface area contributed by atoms with Crippen LogP contribution in [0.2, 0.25) is 0 Å². The number of thioether (sulfide) groups is 2. The number of aryl methyl sites for hydroxylation is 1. The second-order valence-electron chi connectivity index (χ2n) is 7.00. The van der Waals surface area contributed by atoms with Crippen molar-refractivity contribution in [2.75, 3.05) is 16.4 Å². The Morgan fingerprint density at radius 3 is 2.28 bits per heavy atom. The molecular formula is C23H25N5O2S2. The molecule has 1 aromatic heterocycles. The molecule has 2 amide bonds. The molecule has 32 heavy (non-hydrogen) atoms. The summed E-state index contributed by atoms with van der Waals surface area (Å²) in [5.74, 6) is 1.43. The van der Waals surface area contributed by atoms with Crippen LogP contribution < -0.4 is 10.6 Å². The predicted octanol–water partition coefficient (Wildman–Crippen LogP) is 4.75. The number of carbonyl (C=O) groups is 2. The Morgan fingerprint density at radius 1 is 1.00 bits per heavy atom. The first-order valence-electron chi connectivity index (χ1n) is 9.97. The van der Waals surface area contributed by atoms with Gasteiger partial charge in [-0.15, -0.1) is 28.5 Å². The first-order chi connectivity index (χ1) is 15.4. The van der Waals surface area contributed by atoms with Crippen LogP contribution >= 0.6 is 23.5 Å². The van der Waals surface area contributed by atoms with Crippen molar-refractivity contribution in [1.82, 2.24) is 14.8 Å². The lowest BCUT2D eigenvalue weighted by Crippen LogP contribution is -2.15. The van der Waals surface area contributed by atoms with Crippen molar-refractivity contribution in [2.45, 2.75) is 36.2 Å². The topological polar surface area (TPSA) is 88.9 Å². The molecule has 0 bridgehead atoms. The Hall–Kier alpha value is -3.04. The number of allylic oxidation sites excluding steroid dienone is 1. The molecule has 1 heterocycles. The molecule has 2 N–H and O–H groups in total. The molecular weight excluding hydrogens is 442 g/mol. The van der Waals surface area contributed by atoms with Gasteiger partial charge in [-0.3, -0.25) is 9.59 Å². The molecule has 2 aromatic carbocycles. The lowest BCUT2D eigenvalue weighted by Gasteiger charge is -2.09. The van der Waals surface area contributed by atoms with Crippen LogP contribution in [-0.2, 0) is 21.9 Å². The first kappa shape index (κ1) is 23.6. The summed E-state index contributed by atoms with van der Waals surface area (Å²) >= 11 is 3.03. The van der Waals surface area contributed by atoms with E-state index in [-0.39, 0.29) is 17.6 Å². The van der Waals surface area contributed by atoms with Crippen LogP contribution in [0.1, 0.15) is 18.3 Å². The van der Waals surface area contributed by atoms with E-state index >= 15 is 0 Å². The average molecular weight is 468 g/mol. The highest BCUT2D eigenvalue weighted by molar-refractivity contribution is 7.99. The van der Waals surface area contributed by atoms with Crippen molar-refractivity contribution in [1.29, 1.82) is 0 Å². The van der Waals surface area contributed by atoms with Crippen molar-refractivity contribution >= 4 is 46.7 Å². The van der Waals surface area contributed by atoms with Gasteiger partial charge in [0, 0.05) is 29.7 Å². The van der Waals surface area contributed by atoms with Crippen molar-refractivity contribution in [3.8, 4) is 0 Å². The Balaban J connectivity index is 1.56. The zero-order valence-corrected chi connectivity index (χ0v) is 19.6. The monoisotopic (exact) mass is 467 g/mol. The minimum Gasteiger partial charge on any atom is -0.326 e. The summed E-state index contributed by atoms with van der Waals surface area (Å²) in [6.45, 7) is 7.91. The maximum atomic E-state index is 12.4. The average Bonchev–Trinajstić information content (AvgIpc) is 3.15. The molecule has 0 aliphatic rings. The predicted molar refractivity (Wildman–Crippen MR) is 131 cm³/mol. The van der Waals surface area contributed by atoms with Crippen molar-refractivity contribution in [3.63, 3.8) is 0 Å². The van der Waals surface area contributed by atoms with Crippen LogP contribution in [-0.4, -0.2) is 32.3 Å². The summed E-state index contributed by atoms with van der Waals surface area (Å²) in [5, 5.41) is 14.8. The third kappa shape index (κ3) is 7.00. The fraction of sp³-hybridized carbons (Fsp3) is 0.217. The molecule has 0 unspecified atom stereocenters. The summed E-state index contributed by atoms with van der Waals surface area (Å²) in [7, 11) is 0. The van der Waals surface area contributed by atoms with E-state index in [1.807, 2.05) is 4.57 Å². The fourth-order valence-corrected chi connectivity index (χ4v) is 4.40. The summed E-state index contributed by atoms with van der Waals surface area (Å²) in [6, 6.07) is 15.3. The van der Waals surface area contributed by atoms with Gasteiger partial charge in [0.15, 0.2) is 5.16 Å². The quantitative estimate of drug-likeness (QED) is 0.330. The van der Waals surface area contributed by atoms with E-state index in [4.69, 9.17) is 0 Å². The number of nitrogens with one attached hydrogen (secondary N) is 2. The normalized spacial score (nSPS) is 10.6. The highest BCUT2D eigenvalue weighted by atomic mass is 32.2. The minimum absolute atomic E-state index is 0.140. The SMILES string of the molecule is C=CCn1c(CSc2ccc(C)cc2)nnc1SCC(=O)Nc1ccc(NC(C)=O)cc1. The number of aromatic nitrogens is 3. The first-order valence-corrected chi connectivity index (χ1v) is 11.9. The number of anilines is 2. The fourth-order valence-electron chi connectivity index (χ4n) is 2.79. The molecule has 0 spiro atoms. The summed E-state index contributed by atoms with van der Waals surface area (Å²) in [6.07, 6.45) is 1.80. The summed E-state index contributed by atoms with van der Waals surface area (Å²) < 4.78 is 1.98. The van der Waals surface area contributed by atoms with Crippen molar-refractivity contribution in [2.24, 2.45) is 0 Å². The van der Waals surface area contributed by atoms with Crippen LogP contribution in [0.5, 0.6) is 0 Å². The van der Waals surface area contributed by atoms with Gasteiger partial charge in [-0.1, -0.05) is 35.5 Å². The lowest BCUT2D eigenvalue weighted by atomic mass is 10.2. The van der Waals surface area contributed by atoms with Gasteiger partial charge in [0.2, 0.25) is 11.8 Å². The Morgan fingerprint density at radius 2 is 1.66 bits per heavy atom. The number of amides is 2. The number of benzene rings is 2. The third-order valence-corrected chi connectivity index (χ3v) is 6.29. The molecule has 0 aliphatic heterocycles. The highest BCUT2D eigenvalue weighted by Gasteiger charge is 2.14. The zero-order valence-electron chi connectivity index (χ0n) is 18.0. The van der Waals surface area contributed by atoms with Crippen LogP contribution in [0, 0.1) is 6.92 Å². The number of carbonyl (C=O) groups excluding carboxylic acids is 2. The molecule has 0 aliphatic carbocycles. The molecule has 166 valence electrons. The minimum atomic E-state index is -0.147. The van der Waals surface area contributed by atoms with E-state index in [9.17, 15) is 9.59 Å². The van der Waals surface area contributed by atoms with Gasteiger partial charge in [0.25, 0.3) is 0 Å². The molecule has 3 rings (SSSR count). The van der Waals surface area contributed by atoms with Crippen molar-refractivity contribution in [3.05, 3.63) is 72.6 Å². The highest BCUT2D eigenvalue weighted by Crippen LogP contribution is 2.25. The van der Waals surface area contributed by atoms with E-state index in [0.29, 0.717) is 28.8 Å². The zero-order chi connectivity index (χ0) is 22.9. The van der Waals surface area contributed by atoms with E-state index in [1.54, 1.807) is 42.1 Å². The van der Waals surface area contributed by atoms with Gasteiger partial charge in [-0.2, -0.15) is 0 Å². The van der Waals surface area contributed by atoms with E-state index < -0.39 is 0 Å². The maximum Gasteiger partial charge on any atom is 0.234 e. The largest absolute Gasteiger partial charge is 0.326 e. The molecule has 0 saturated heterocycles. The summed E-state index contributed by atoms with van der Waals surface area (Å²) in [5.41, 5.74) is 2.57. The van der Waals surface area contributed by atoms with Crippen LogP contribution in [0.25, 0.3) is 0 Å². The van der Waals surface area contributed by atoms with Crippen LogP contribution in [0.15, 0.2) is 71.2 Å². The van der Waals surface area contributed by atoms with Crippen molar-refractivity contribution < 1.29 is 9.59 Å². The van der Waals surface area contributed by atoms with Gasteiger partial charge >= 0.3 is 0 Å². The molecule has 0 saturated carbocycles. The molecule has 0 fully saturated rings. The van der Waals surface area contributed by atoms with Gasteiger partial charge in [0.1, 0.15) is 5.82 Å². The van der Waals surface area contributed by atoms with Gasteiger partial charge in [-0.05, 0) is 43.3 Å². The van der Waals surface area contributed by atoms with Gasteiger partial charge < -0.3 is 15.2 Å².